The first-order valence-corrected chi connectivity index (χ1v) is 34.9. The van der Waals surface area contributed by atoms with E-state index in [2.05, 4.69) is 55.8 Å². The van der Waals surface area contributed by atoms with Crippen molar-refractivity contribution in [2.24, 2.45) is 17.8 Å². The van der Waals surface area contributed by atoms with Gasteiger partial charge in [0, 0.05) is 107 Å². The van der Waals surface area contributed by atoms with Crippen molar-refractivity contribution in [2.45, 2.75) is 109 Å². The second-order valence-corrected chi connectivity index (χ2v) is 27.6. The Balaban J connectivity index is 0.000000154. The molecular weight excluding hydrogens is 1520 g/mol. The molecule has 0 radical (unpaired) electrons. The smallest absolute Gasteiger partial charge is 0.391 e. The quantitative estimate of drug-likeness (QED) is 0.0393. The van der Waals surface area contributed by atoms with Gasteiger partial charge in [-0.1, -0.05) is 44.0 Å². The summed E-state index contributed by atoms with van der Waals surface area (Å²) < 4.78 is 148. The molecule has 28 nitrogen and oxygen atoms in total. The van der Waals surface area contributed by atoms with Crippen LogP contribution in [0.4, 0.5) is 110 Å². The minimum absolute atomic E-state index is 0.0332. The van der Waals surface area contributed by atoms with Crippen molar-refractivity contribution in [1.29, 1.82) is 0 Å². The Kier molecular flexibility index (Phi) is 22.9. The van der Waals surface area contributed by atoms with Gasteiger partial charge in [0.15, 0.2) is 64.4 Å². The van der Waals surface area contributed by atoms with Gasteiger partial charge in [0.2, 0.25) is 0 Å². The molecule has 14 rings (SSSR count). The zero-order valence-corrected chi connectivity index (χ0v) is 60.0. The molecule has 40 heteroatoms. The molecule has 582 valence electrons. The minimum atomic E-state index is -4.63. The summed E-state index contributed by atoms with van der Waals surface area (Å²) in [6.45, 7) is 6.93. The molecule has 110 heavy (non-hydrogen) atoms. The molecule has 7 atom stereocenters. The first kappa shape index (κ1) is 78.7. The Labute approximate surface area is 628 Å². The van der Waals surface area contributed by atoms with Gasteiger partial charge in [-0.05, 0) is 61.7 Å². The molecule has 5 N–H and O–H groups in total. The average molecular weight is 1580 g/mol. The summed E-state index contributed by atoms with van der Waals surface area (Å²) in [6, 6.07) is 10.9. The molecule has 6 bridgehead atoms. The molecule has 6 aliphatic rings. The number of halogens is 12. The number of nitrogens with zero attached hydrogens (tertiary/aromatic N) is 14. The van der Waals surface area contributed by atoms with Crippen molar-refractivity contribution in [3.63, 3.8) is 0 Å². The number of carbonyl (C=O) groups excluding carboxylic acids is 6. The van der Waals surface area contributed by atoms with Gasteiger partial charge in [0.1, 0.15) is 53.0 Å². The summed E-state index contributed by atoms with van der Waals surface area (Å²) in [4.78, 5) is 121. The number of fused-ring (bicyclic) bond motifs is 12. The van der Waals surface area contributed by atoms with E-state index in [-0.39, 0.29) is 92.5 Å². The fourth-order valence-corrected chi connectivity index (χ4v) is 13.5. The molecular formula is C70H67Cl2F10N17O11. The number of aliphatic hydroxyl groups excluding tert-OH is 2. The summed E-state index contributed by atoms with van der Waals surface area (Å²) in [7, 11) is 0. The van der Waals surface area contributed by atoms with Gasteiger partial charge in [0.25, 0.3) is 0 Å². The number of hydrogen-bond acceptors (Lipinski definition) is 22. The summed E-state index contributed by atoms with van der Waals surface area (Å²) >= 11 is 12.6. The average Bonchev–Trinajstić information content (AvgIpc) is 1.55. The lowest BCUT2D eigenvalue weighted by molar-refractivity contribution is -0.169. The van der Waals surface area contributed by atoms with Gasteiger partial charge >= 0.3 is 36.6 Å². The molecule has 3 saturated heterocycles. The number of pyridine rings is 6. The van der Waals surface area contributed by atoms with E-state index in [1.54, 1.807) is 42.3 Å². The van der Waals surface area contributed by atoms with Crippen molar-refractivity contribution in [3.8, 4) is 28.4 Å². The lowest BCUT2D eigenvalue weighted by Gasteiger charge is -2.36. The number of nitrogens with one attached hydrogen (secondary N) is 3. The van der Waals surface area contributed by atoms with Crippen molar-refractivity contribution < 1.29 is 96.5 Å². The van der Waals surface area contributed by atoms with Crippen LogP contribution in [-0.4, -0.2) is 181 Å². The number of aliphatic hydroxyl groups is 2. The largest absolute Gasteiger partial charge is 0.491 e. The molecule has 14 heterocycles. The summed E-state index contributed by atoms with van der Waals surface area (Å²) in [6.07, 6.45) is -6.80. The van der Waals surface area contributed by atoms with E-state index in [9.17, 15) is 77.8 Å². The van der Waals surface area contributed by atoms with Crippen LogP contribution >= 0.6 is 23.2 Å². The molecule has 3 fully saturated rings. The second-order valence-electron chi connectivity index (χ2n) is 26.8. The van der Waals surface area contributed by atoms with Crippen LogP contribution in [0.15, 0.2) is 101 Å². The third-order valence-corrected chi connectivity index (χ3v) is 19.5. The Morgan fingerprint density at radius 1 is 0.564 bits per heavy atom. The number of urea groups is 3. The monoisotopic (exact) mass is 1580 g/mol. The van der Waals surface area contributed by atoms with Crippen molar-refractivity contribution in [2.75, 3.05) is 97.8 Å². The fraction of sp³-hybridized carbons (Fsp3) is 0.400. The number of carbonyl (C=O) groups is 6. The molecule has 6 aliphatic heterocycles. The number of ketones is 3. The first-order chi connectivity index (χ1) is 52.1. The zero-order chi connectivity index (χ0) is 79.0. The maximum Gasteiger partial charge on any atom is 0.391 e. The van der Waals surface area contributed by atoms with E-state index in [4.69, 9.17) is 41.9 Å². The number of anilines is 9. The number of amides is 6. The molecule has 0 spiro atoms. The van der Waals surface area contributed by atoms with Crippen LogP contribution in [0.25, 0.3) is 22.6 Å². The highest BCUT2D eigenvalue weighted by atomic mass is 35.5. The van der Waals surface area contributed by atoms with Gasteiger partial charge in [-0.25, -0.2) is 58.6 Å². The Hall–Kier alpha value is -10.9. The SMILES string of the molecule is C[C@@H](CC(=O)c1nc2c(cc1Cl)N1CC[C@@H](C1)N2C(=O)Nc1cc(-c2cnco2)ccn1)C(F)(F)F.C[C@@H](CC(=O)c1nc2c(cc1F)N1CC[C@@H](C1)N2C(=O)Nc1cc(OC[C@H](O)CO)ccn1)C(F)(F)F.Cc1ncc(-c2ccnc(NC(=O)N3c4nc(C(=O)C[C@H](C)C(F)(F)F)c(Cl)cc4N4CC[C@H]3C4)c2)o1. The molecule has 6 amide bonds. The molecule has 0 saturated carbocycles. The van der Waals surface area contributed by atoms with Crippen LogP contribution in [0.1, 0.15) is 96.7 Å². The van der Waals surface area contributed by atoms with Gasteiger partial charge in [-0.2, -0.15) is 39.5 Å². The number of oxazole rings is 2. The van der Waals surface area contributed by atoms with Gasteiger partial charge < -0.3 is 38.5 Å². The van der Waals surface area contributed by atoms with E-state index in [1.165, 1.54) is 70.1 Å². The predicted octanol–water partition coefficient (Wildman–Crippen LogP) is 13.4. The molecule has 0 unspecified atom stereocenters. The standard InChI is InChI=1S/C24H22ClF3N6O3.C23H20ClF3N6O3.C23H25F4N5O5/c1-12(24(26,27)28)7-18(35)21-16(25)9-17-22(32-21)34(15-4-6-33(17)11-15)23(36)31-20-8-14(3-5-29-20)19-10-30-13(2)37-19;1-12(23(25,26)27)6-17(34)20-15(24)8-16-21(31-20)33(14-3-5-32(16)10-14)22(35)30-19-7-13(2-4-29-19)18-9-28-11-36-18;1-12(23(25,26)27)6-18(35)20-16(24)8-17-21(30-20)32(13-3-5-31(17)9-13)22(36)29-19-7-15(2-4-28-19)37-11-14(34)10-33/h3,5,8-10,12,15H,4,6-7,11H2,1-2H3,(H,29,31,36);2,4,7-9,11-12,14H,3,5-6,10H2,1H3,(H,29,30,35);2,4,7-8,12-14,33-34H,3,5-6,9-11H2,1H3,(H,28,29,36)/t12-,15-;12-,14-;12-,13-,14+/m000/s1. The van der Waals surface area contributed by atoms with Crippen LogP contribution in [0.3, 0.4) is 0 Å². The van der Waals surface area contributed by atoms with E-state index >= 15 is 0 Å². The number of Topliss-reactive ketones (excluding diaryl/α,β-unsaturated/α-hetero) is 3. The lowest BCUT2D eigenvalue weighted by atomic mass is 10.0. The molecule has 0 aromatic carbocycles. The van der Waals surface area contributed by atoms with E-state index in [1.807, 2.05) is 9.80 Å². The number of hydrogen-bond donors (Lipinski definition) is 5. The fourth-order valence-electron chi connectivity index (χ4n) is 13.0. The van der Waals surface area contributed by atoms with Crippen LogP contribution in [0, 0.1) is 30.5 Å². The van der Waals surface area contributed by atoms with Gasteiger partial charge in [0.05, 0.1) is 82.0 Å². The summed E-state index contributed by atoms with van der Waals surface area (Å²) in [5, 5.41) is 26.3. The number of aromatic nitrogens is 8. The van der Waals surface area contributed by atoms with Crippen molar-refractivity contribution in [3.05, 3.63) is 131 Å². The van der Waals surface area contributed by atoms with Crippen LogP contribution in [0.5, 0.6) is 5.75 Å². The van der Waals surface area contributed by atoms with Crippen molar-refractivity contribution in [1.82, 2.24) is 39.9 Å². The third kappa shape index (κ3) is 17.4. The van der Waals surface area contributed by atoms with Crippen LogP contribution < -0.4 is 50.1 Å². The van der Waals surface area contributed by atoms with Gasteiger partial charge in [-0.3, -0.25) is 45.0 Å². The van der Waals surface area contributed by atoms with Crippen LogP contribution in [0.2, 0.25) is 10.0 Å². The second kappa shape index (κ2) is 32.0. The molecule has 8 aromatic rings. The van der Waals surface area contributed by atoms with E-state index in [0.717, 1.165) is 26.8 Å². The predicted molar refractivity (Wildman–Crippen MR) is 379 cm³/mol. The highest BCUT2D eigenvalue weighted by Gasteiger charge is 2.47. The van der Waals surface area contributed by atoms with Crippen molar-refractivity contribution >= 4 is 111 Å². The Morgan fingerprint density at radius 3 is 1.36 bits per heavy atom. The number of ether oxygens (including phenoxy) is 1. The molecule has 8 aromatic heterocycles. The third-order valence-electron chi connectivity index (χ3n) is 18.9. The van der Waals surface area contributed by atoms with Gasteiger partial charge in [-0.15, -0.1) is 0 Å². The maximum absolute atomic E-state index is 14.8. The maximum atomic E-state index is 14.8. The molecule has 0 aliphatic carbocycles. The van der Waals surface area contributed by atoms with E-state index < -0.39 is 115 Å². The normalized spacial score (nSPS) is 17.8. The minimum Gasteiger partial charge on any atom is -0.491 e. The topological polar surface area (TPSA) is 337 Å². The number of rotatable bonds is 18. The summed E-state index contributed by atoms with van der Waals surface area (Å²) in [5.74, 6) is -6.92. The highest BCUT2D eigenvalue weighted by Crippen LogP contribution is 2.46. The van der Waals surface area contributed by atoms with Crippen LogP contribution in [-0.2, 0) is 0 Å². The Morgan fingerprint density at radius 2 is 0.964 bits per heavy atom. The summed E-state index contributed by atoms with van der Waals surface area (Å²) in [5.41, 5.74) is 1.29. The highest BCUT2D eigenvalue weighted by molar-refractivity contribution is 6.34. The zero-order valence-electron chi connectivity index (χ0n) is 58.5. The van der Waals surface area contributed by atoms with E-state index in [0.29, 0.717) is 98.4 Å². The first-order valence-electron chi connectivity index (χ1n) is 34.2. The number of aryl methyl sites for hydroxylation is 1. The Bertz CT molecular complexity index is 4810. The lowest BCUT2D eigenvalue weighted by Crippen LogP contribution is -2.48. The number of alkyl halides is 9.